The third-order valence-electron chi connectivity index (χ3n) is 7.69. The minimum absolute atomic E-state index is 0.0976. The van der Waals surface area contributed by atoms with E-state index < -0.39 is 23.6 Å². The molecule has 1 saturated carbocycles. The zero-order valence-corrected chi connectivity index (χ0v) is 24.7. The first kappa shape index (κ1) is 29.6. The summed E-state index contributed by atoms with van der Waals surface area (Å²) in [6.07, 6.45) is -0.863. The topological polar surface area (TPSA) is 104 Å². The molecule has 0 spiro atoms. The Hall–Kier alpha value is -4.50. The Morgan fingerprint density at radius 2 is 1.86 bits per heavy atom. The molecule has 0 unspecified atom stereocenters. The molecule has 3 heterocycles. The molecule has 0 saturated heterocycles. The molecule has 0 radical (unpaired) electrons. The maximum absolute atomic E-state index is 14.4. The van der Waals surface area contributed by atoms with Gasteiger partial charge in [-0.2, -0.15) is 18.4 Å². The van der Waals surface area contributed by atoms with Crippen molar-refractivity contribution in [2.24, 2.45) is 5.41 Å². The van der Waals surface area contributed by atoms with Gasteiger partial charge in [-0.15, -0.1) is 5.10 Å². The Kier molecular flexibility index (Phi) is 7.12. The third-order valence-corrected chi connectivity index (χ3v) is 7.97. The predicted octanol–water partition coefficient (Wildman–Crippen LogP) is 7.75. The van der Waals surface area contributed by atoms with Crippen LogP contribution in [0.2, 0.25) is 5.02 Å². The summed E-state index contributed by atoms with van der Waals surface area (Å²) in [6.45, 7) is 6.72. The molecule has 1 fully saturated rings. The summed E-state index contributed by atoms with van der Waals surface area (Å²) in [4.78, 5) is 8.58. The van der Waals surface area contributed by atoms with E-state index in [-0.39, 0.29) is 29.0 Å². The Morgan fingerprint density at radius 3 is 2.55 bits per heavy atom. The van der Waals surface area contributed by atoms with Gasteiger partial charge in [0.25, 0.3) is 0 Å². The molecule has 0 aliphatic heterocycles. The summed E-state index contributed by atoms with van der Waals surface area (Å²) in [6, 6.07) is 11.2. The second kappa shape index (κ2) is 10.6. The number of halogens is 5. The van der Waals surface area contributed by atoms with Crippen molar-refractivity contribution in [1.29, 1.82) is 5.26 Å². The number of nitriles is 1. The highest BCUT2D eigenvalue weighted by Crippen LogP contribution is 2.55. The number of hydrogen-bond donors (Lipinski definition) is 2. The van der Waals surface area contributed by atoms with E-state index in [0.29, 0.717) is 50.9 Å². The summed E-state index contributed by atoms with van der Waals surface area (Å²) in [7, 11) is 0. The fourth-order valence-electron chi connectivity index (χ4n) is 5.23. The molecule has 2 aromatic carbocycles. The summed E-state index contributed by atoms with van der Waals surface area (Å²) < 4.78 is 57.1. The summed E-state index contributed by atoms with van der Waals surface area (Å²) in [5, 5.41) is 25.9. The van der Waals surface area contributed by atoms with Gasteiger partial charge in [0.15, 0.2) is 5.54 Å². The molecule has 226 valence electrons. The number of nitrogens with zero attached hydrogens (tertiary/aromatic N) is 6. The van der Waals surface area contributed by atoms with Crippen LogP contribution in [0.4, 0.5) is 28.9 Å². The van der Waals surface area contributed by atoms with E-state index in [9.17, 15) is 22.8 Å². The minimum atomic E-state index is -4.50. The minimum Gasteiger partial charge on any atom is -0.383 e. The Morgan fingerprint density at radius 1 is 1.09 bits per heavy atom. The number of rotatable bonds is 7. The number of aromatic nitrogens is 5. The molecule has 2 N–H and O–H groups in total. The van der Waals surface area contributed by atoms with Gasteiger partial charge in [0.05, 0.1) is 45.7 Å². The number of fused-ring (bicyclic) bond motifs is 2. The average molecular weight is 623 g/mol. The zero-order valence-electron chi connectivity index (χ0n) is 24.0. The van der Waals surface area contributed by atoms with Gasteiger partial charge < -0.3 is 10.6 Å². The number of hydrogen-bond acceptors (Lipinski definition) is 7. The number of nitrogens with one attached hydrogen (secondary N) is 2. The molecule has 3 aromatic heterocycles. The largest absolute Gasteiger partial charge is 0.413 e. The van der Waals surface area contributed by atoms with Crippen molar-refractivity contribution in [2.75, 3.05) is 17.2 Å². The van der Waals surface area contributed by atoms with Crippen molar-refractivity contribution < 1.29 is 17.6 Å². The Balaban J connectivity index is 1.50. The van der Waals surface area contributed by atoms with Gasteiger partial charge in [0, 0.05) is 29.2 Å². The predicted molar refractivity (Wildman–Crippen MR) is 160 cm³/mol. The molecule has 0 bridgehead atoms. The average Bonchev–Trinajstić information content (AvgIpc) is 3.65. The van der Waals surface area contributed by atoms with Crippen LogP contribution in [0.15, 0.2) is 55.0 Å². The van der Waals surface area contributed by atoms with Crippen molar-refractivity contribution in [3.05, 3.63) is 82.6 Å². The van der Waals surface area contributed by atoms with Crippen molar-refractivity contribution in [2.45, 2.75) is 51.4 Å². The lowest BCUT2D eigenvalue weighted by atomic mass is 9.96. The van der Waals surface area contributed by atoms with Crippen LogP contribution in [0.1, 0.15) is 56.5 Å². The number of pyridine rings is 2. The van der Waals surface area contributed by atoms with Crippen LogP contribution in [0.25, 0.3) is 21.8 Å². The van der Waals surface area contributed by atoms with Crippen molar-refractivity contribution in [3.63, 3.8) is 0 Å². The van der Waals surface area contributed by atoms with Crippen LogP contribution >= 0.6 is 11.6 Å². The van der Waals surface area contributed by atoms with Gasteiger partial charge in [-0.1, -0.05) is 49.7 Å². The molecule has 8 nitrogen and oxygen atoms in total. The fourth-order valence-corrected chi connectivity index (χ4v) is 5.49. The Labute approximate surface area is 255 Å². The van der Waals surface area contributed by atoms with Crippen molar-refractivity contribution in [1.82, 2.24) is 25.0 Å². The highest BCUT2D eigenvalue weighted by molar-refractivity contribution is 6.35. The third kappa shape index (κ3) is 5.36. The second-order valence-corrected chi connectivity index (χ2v) is 12.6. The summed E-state index contributed by atoms with van der Waals surface area (Å²) >= 11 is 6.70. The SMILES string of the molecule is CC(C)(C)CNc1c(C#N)cnc2c(Cl)cc(N[C@H](c3cn(C4(C(F)(F)F)CC4)nn3)c3cccc4ncc(F)cc34)cc12. The maximum atomic E-state index is 14.4. The quantitative estimate of drug-likeness (QED) is 0.179. The lowest BCUT2D eigenvalue weighted by Gasteiger charge is -2.23. The zero-order chi connectivity index (χ0) is 31.4. The van der Waals surface area contributed by atoms with E-state index in [1.807, 2.05) is 0 Å². The first-order valence-electron chi connectivity index (χ1n) is 13.9. The van der Waals surface area contributed by atoms with E-state index >= 15 is 0 Å². The van der Waals surface area contributed by atoms with E-state index in [1.165, 1.54) is 18.5 Å². The van der Waals surface area contributed by atoms with Crippen molar-refractivity contribution in [3.8, 4) is 6.07 Å². The number of alkyl halides is 3. The van der Waals surface area contributed by atoms with Gasteiger partial charge >= 0.3 is 6.18 Å². The molecule has 1 aliphatic carbocycles. The monoisotopic (exact) mass is 622 g/mol. The lowest BCUT2D eigenvalue weighted by Crippen LogP contribution is -2.35. The molecule has 44 heavy (non-hydrogen) atoms. The van der Waals surface area contributed by atoms with E-state index in [4.69, 9.17) is 11.6 Å². The van der Waals surface area contributed by atoms with Crippen LogP contribution < -0.4 is 10.6 Å². The number of benzene rings is 2. The first-order chi connectivity index (χ1) is 20.8. The van der Waals surface area contributed by atoms with E-state index in [1.54, 1.807) is 30.3 Å². The standard InChI is InChI=1S/C31H27ClF4N8/c1-29(2,3)16-40-26-17(12-37)13-39-27-22(26)10-19(11-23(27)32)41-28(20-5-4-6-24-21(20)9-18(33)14-38-24)25-15-44(43-42-25)30(7-8-30)31(34,35)36/h4-6,9-11,13-15,28,41H,7-8,16H2,1-3H3,(H,39,40)/t28-/m0/s1. The summed E-state index contributed by atoms with van der Waals surface area (Å²) in [5.41, 5.74) is 0.798. The van der Waals surface area contributed by atoms with Gasteiger partial charge in [-0.25, -0.2) is 9.07 Å². The van der Waals surface area contributed by atoms with Gasteiger partial charge in [-0.05, 0) is 48.1 Å². The molecule has 13 heteroatoms. The Bertz CT molecular complexity index is 1940. The van der Waals surface area contributed by atoms with Gasteiger partial charge in [0.1, 0.15) is 17.6 Å². The highest BCUT2D eigenvalue weighted by atomic mass is 35.5. The highest BCUT2D eigenvalue weighted by Gasteiger charge is 2.66. The van der Waals surface area contributed by atoms with Crippen molar-refractivity contribution >= 4 is 44.8 Å². The van der Waals surface area contributed by atoms with Gasteiger partial charge in [0.2, 0.25) is 0 Å². The molecule has 5 aromatic rings. The van der Waals surface area contributed by atoms with E-state index in [2.05, 4.69) is 57.8 Å². The lowest BCUT2D eigenvalue weighted by molar-refractivity contribution is -0.182. The van der Waals surface area contributed by atoms with Crippen LogP contribution in [-0.4, -0.2) is 37.7 Å². The molecule has 0 amide bonds. The molecule has 6 rings (SSSR count). The normalized spacial score (nSPS) is 15.2. The van der Waals surface area contributed by atoms with Crippen LogP contribution in [0.3, 0.4) is 0 Å². The number of anilines is 2. The van der Waals surface area contributed by atoms with Crippen LogP contribution in [0.5, 0.6) is 0 Å². The van der Waals surface area contributed by atoms with E-state index in [0.717, 1.165) is 10.9 Å². The second-order valence-electron chi connectivity index (χ2n) is 12.2. The van der Waals surface area contributed by atoms with Crippen LogP contribution in [-0.2, 0) is 5.54 Å². The molecule has 1 aliphatic rings. The fraction of sp³-hybridized carbons (Fsp3) is 0.323. The molecular formula is C31H27ClF4N8. The molecule has 1 atom stereocenters. The van der Waals surface area contributed by atoms with Gasteiger partial charge in [-0.3, -0.25) is 9.97 Å². The molecular weight excluding hydrogens is 596 g/mol. The smallest absolute Gasteiger partial charge is 0.383 e. The maximum Gasteiger partial charge on any atom is 0.413 e. The summed E-state index contributed by atoms with van der Waals surface area (Å²) in [5.74, 6) is -0.570. The first-order valence-corrected chi connectivity index (χ1v) is 14.2. The van der Waals surface area contributed by atoms with Crippen LogP contribution in [0, 0.1) is 22.6 Å².